The maximum Gasteiger partial charge on any atom is 0.262 e. The summed E-state index contributed by atoms with van der Waals surface area (Å²) in [5, 5.41) is 4.67. The summed E-state index contributed by atoms with van der Waals surface area (Å²) in [6.45, 7) is 29.2. The summed E-state index contributed by atoms with van der Waals surface area (Å²) in [5.74, 6) is 2.71. The highest BCUT2D eigenvalue weighted by Crippen LogP contribution is 2.35. The van der Waals surface area contributed by atoms with E-state index < -0.39 is 14.1 Å². The molecule has 0 aliphatic carbocycles. The zero-order valence-electron chi connectivity index (χ0n) is 20.1. The molecule has 0 amide bonds. The van der Waals surface area contributed by atoms with Crippen molar-refractivity contribution in [2.45, 2.75) is 118 Å². The average molecular weight is 367 g/mol. The van der Waals surface area contributed by atoms with E-state index in [2.05, 4.69) is 83.1 Å². The van der Waals surface area contributed by atoms with Gasteiger partial charge < -0.3 is 0 Å². The van der Waals surface area contributed by atoms with Crippen LogP contribution in [0.4, 0.5) is 0 Å². The summed E-state index contributed by atoms with van der Waals surface area (Å²) in [7, 11) is 0. The Hall–Kier alpha value is 0.532. The van der Waals surface area contributed by atoms with Crippen LogP contribution >= 0.6 is 0 Å². The molecule has 0 saturated heterocycles. The Morgan fingerprint density at radius 1 is 0.480 bits per heavy atom. The molecule has 0 spiro atoms. The van der Waals surface area contributed by atoms with Crippen molar-refractivity contribution in [3.05, 3.63) is 0 Å². The lowest BCUT2D eigenvalue weighted by molar-refractivity contribution is 0.308. The normalized spacial score (nSPS) is 17.3. The van der Waals surface area contributed by atoms with Crippen molar-refractivity contribution < 1.29 is 0 Å². The molecule has 0 saturated carbocycles. The van der Waals surface area contributed by atoms with Crippen molar-refractivity contribution in [2.75, 3.05) is 0 Å². The fraction of sp³-hybridized carbons (Fsp3) is 1.00. The molecule has 3 atom stereocenters. The largest absolute Gasteiger partial charge is 0.262 e. The van der Waals surface area contributed by atoms with Crippen LogP contribution < -0.4 is 0 Å². The molecule has 3 unspecified atom stereocenters. The quantitative estimate of drug-likeness (QED) is 0.358. The molecule has 0 bridgehead atoms. The monoisotopic (exact) mass is 366 g/mol. The Balaban J connectivity index is 4.86. The molecule has 0 aromatic heterocycles. The highest BCUT2D eigenvalue weighted by Gasteiger charge is 2.29. The highest BCUT2D eigenvalue weighted by atomic mass is 27.2. The summed E-state index contributed by atoms with van der Waals surface area (Å²) in [6.07, 6.45) is 4.16. The van der Waals surface area contributed by atoms with Crippen LogP contribution in [0, 0.1) is 34.0 Å². The van der Waals surface area contributed by atoms with Crippen molar-refractivity contribution in [1.29, 1.82) is 0 Å². The second-order valence-electron chi connectivity index (χ2n) is 13.2. The van der Waals surface area contributed by atoms with Gasteiger partial charge in [0.1, 0.15) is 0 Å². The van der Waals surface area contributed by atoms with Gasteiger partial charge >= 0.3 is 0 Å². The van der Waals surface area contributed by atoms with Gasteiger partial charge in [-0.2, -0.15) is 0 Å². The number of hydrogen-bond acceptors (Lipinski definition) is 0. The highest BCUT2D eigenvalue weighted by molar-refractivity contribution is 6.59. The topological polar surface area (TPSA) is 0 Å². The molecule has 25 heavy (non-hydrogen) atoms. The molecule has 0 fully saturated rings. The molecule has 0 N–H and O–H groups in total. The maximum atomic E-state index is 2.52. The van der Waals surface area contributed by atoms with Crippen LogP contribution in [-0.4, -0.2) is 14.1 Å². The van der Waals surface area contributed by atoms with Gasteiger partial charge in [-0.15, -0.1) is 0 Å². The molecule has 0 aliphatic rings. The first-order valence-corrected chi connectivity index (χ1v) is 13.4. The predicted octanol–water partition coefficient (Wildman–Crippen LogP) is 8.70. The summed E-state index contributed by atoms with van der Waals surface area (Å²) in [4.78, 5) is 0. The van der Waals surface area contributed by atoms with Gasteiger partial charge in [0.25, 0.3) is 14.1 Å². The van der Waals surface area contributed by atoms with Gasteiger partial charge in [0.05, 0.1) is 0 Å². The standard InChI is InChI=1S/3C8H17.Al/c3*1-7(2)6-8(3,4)5;/h3*7H,1,6H2,2-5H3;. The van der Waals surface area contributed by atoms with E-state index in [1.165, 1.54) is 19.3 Å². The van der Waals surface area contributed by atoms with Crippen LogP contribution in [0.1, 0.15) is 102 Å². The van der Waals surface area contributed by atoms with Crippen molar-refractivity contribution in [3.63, 3.8) is 0 Å². The van der Waals surface area contributed by atoms with Gasteiger partial charge in [0.2, 0.25) is 0 Å². The van der Waals surface area contributed by atoms with Crippen LogP contribution in [0.3, 0.4) is 0 Å². The van der Waals surface area contributed by atoms with Gasteiger partial charge in [-0.25, -0.2) is 0 Å². The van der Waals surface area contributed by atoms with E-state index in [1.807, 2.05) is 0 Å². The Kier molecular flexibility index (Phi) is 10.4. The van der Waals surface area contributed by atoms with E-state index in [4.69, 9.17) is 0 Å². The van der Waals surface area contributed by atoms with E-state index in [1.54, 1.807) is 15.8 Å². The molecule has 0 aromatic carbocycles. The summed E-state index contributed by atoms with van der Waals surface area (Å²) >= 11 is -0.676. The van der Waals surface area contributed by atoms with Gasteiger partial charge in [-0.3, -0.25) is 0 Å². The van der Waals surface area contributed by atoms with Crippen LogP contribution in [0.25, 0.3) is 0 Å². The van der Waals surface area contributed by atoms with Crippen LogP contribution in [0.2, 0.25) is 15.8 Å². The van der Waals surface area contributed by atoms with E-state index in [0.29, 0.717) is 16.2 Å². The lowest BCUT2D eigenvalue weighted by Crippen LogP contribution is -2.26. The molecule has 0 aromatic rings. The van der Waals surface area contributed by atoms with Crippen molar-refractivity contribution in [2.24, 2.45) is 34.0 Å². The molecule has 150 valence electrons. The minimum absolute atomic E-state index is 0.479. The SMILES string of the molecule is CC([CH2][Al]([CH2]C(C)CC(C)(C)C)[CH2]C(C)CC(C)(C)C)CC(C)(C)C. The second-order valence-corrected chi connectivity index (χ2v) is 16.3. The Morgan fingerprint density at radius 2 is 0.680 bits per heavy atom. The fourth-order valence-corrected chi connectivity index (χ4v) is 9.87. The Bertz CT molecular complexity index is 293. The van der Waals surface area contributed by atoms with E-state index in [-0.39, 0.29) is 0 Å². The molecule has 0 aliphatic heterocycles. The van der Waals surface area contributed by atoms with Gasteiger partial charge in [0, 0.05) is 0 Å². The molecule has 0 rings (SSSR count). The first-order valence-electron chi connectivity index (χ1n) is 11.0. The van der Waals surface area contributed by atoms with Crippen molar-refractivity contribution in [1.82, 2.24) is 0 Å². The maximum absolute atomic E-state index is 2.52. The fourth-order valence-electron chi connectivity index (χ4n) is 5.38. The van der Waals surface area contributed by atoms with E-state index in [0.717, 1.165) is 17.8 Å². The number of rotatable bonds is 9. The summed E-state index contributed by atoms with van der Waals surface area (Å²) in [5.41, 5.74) is 1.44. The lowest BCUT2D eigenvalue weighted by atomic mass is 9.86. The van der Waals surface area contributed by atoms with Gasteiger partial charge in [-0.05, 0) is 35.5 Å². The third kappa shape index (κ3) is 16.4. The first-order chi connectivity index (χ1) is 11.0. The molecular weight excluding hydrogens is 315 g/mol. The first kappa shape index (κ1) is 25.5. The van der Waals surface area contributed by atoms with Gasteiger partial charge in [0.15, 0.2) is 0 Å². The molecule has 0 radical (unpaired) electrons. The van der Waals surface area contributed by atoms with Crippen LogP contribution in [0.15, 0.2) is 0 Å². The second kappa shape index (κ2) is 10.2. The van der Waals surface area contributed by atoms with Crippen molar-refractivity contribution in [3.8, 4) is 0 Å². The van der Waals surface area contributed by atoms with Crippen LogP contribution in [0.5, 0.6) is 0 Å². The van der Waals surface area contributed by atoms with Crippen LogP contribution in [-0.2, 0) is 0 Å². The molecule has 0 nitrogen and oxygen atoms in total. The lowest BCUT2D eigenvalue weighted by Gasteiger charge is -2.30. The third-order valence-corrected chi connectivity index (χ3v) is 9.50. The zero-order chi connectivity index (χ0) is 20.1. The third-order valence-electron chi connectivity index (χ3n) is 5.09. The average Bonchev–Trinajstić information content (AvgIpc) is 2.18. The zero-order valence-corrected chi connectivity index (χ0v) is 21.2. The summed E-state index contributed by atoms with van der Waals surface area (Å²) < 4.78 is 0. The Labute approximate surface area is 166 Å². The molecule has 0 heterocycles. The van der Waals surface area contributed by atoms with E-state index in [9.17, 15) is 0 Å². The van der Waals surface area contributed by atoms with E-state index >= 15 is 0 Å². The Morgan fingerprint density at radius 3 is 0.840 bits per heavy atom. The van der Waals surface area contributed by atoms with Gasteiger partial charge in [-0.1, -0.05) is 117 Å². The minimum atomic E-state index is -0.676. The molecule has 1 heteroatoms. The smallest absolute Gasteiger partial charge is 0.0912 e. The number of hydrogen-bond donors (Lipinski definition) is 0. The predicted molar refractivity (Wildman–Crippen MR) is 120 cm³/mol. The minimum Gasteiger partial charge on any atom is -0.0912 e. The summed E-state index contributed by atoms with van der Waals surface area (Å²) in [6, 6.07) is 0. The molecular formula is C24H51Al. The van der Waals surface area contributed by atoms with Crippen molar-refractivity contribution >= 4 is 14.1 Å².